The number of hydrogen-bond donors (Lipinski definition) is 0. The fraction of sp³-hybridized carbons (Fsp3) is 0.727. The minimum absolute atomic E-state index is 0.0179. The molecule has 17 heavy (non-hydrogen) atoms. The van der Waals surface area contributed by atoms with E-state index in [9.17, 15) is 4.79 Å². The Balaban J connectivity index is 2.14. The molecule has 1 saturated heterocycles. The predicted molar refractivity (Wildman–Crippen MR) is 63.6 cm³/mol. The van der Waals surface area contributed by atoms with Crippen molar-refractivity contribution in [1.82, 2.24) is 24.8 Å². The normalized spacial score (nSPS) is 26.2. The van der Waals surface area contributed by atoms with Crippen LogP contribution in [0.25, 0.3) is 0 Å². The number of aryl methyl sites for hydroxylation is 1. The summed E-state index contributed by atoms with van der Waals surface area (Å²) in [5.74, 6) is 0.0179. The van der Waals surface area contributed by atoms with E-state index < -0.39 is 0 Å². The molecule has 0 unspecified atom stereocenters. The summed E-state index contributed by atoms with van der Waals surface area (Å²) in [5, 5.41) is 7.54. The van der Waals surface area contributed by atoms with E-state index in [2.05, 4.69) is 36.1 Å². The van der Waals surface area contributed by atoms with Crippen LogP contribution < -0.4 is 0 Å². The second-order valence-corrected chi connectivity index (χ2v) is 4.82. The smallest absolute Gasteiger partial charge is 0.273 e. The average Bonchev–Trinajstić information content (AvgIpc) is 2.70. The number of aromatic nitrogens is 3. The first-order valence-corrected chi connectivity index (χ1v) is 5.86. The monoisotopic (exact) mass is 237 g/mol. The van der Waals surface area contributed by atoms with E-state index in [1.54, 1.807) is 7.05 Å². The van der Waals surface area contributed by atoms with Crippen LogP contribution in [-0.4, -0.2) is 62.9 Å². The standard InChI is InChI=1S/C11H19N5O/c1-8-6-16(7-9(2)14(8)3)11(17)10-5-12-13-15(10)4/h5,8-9H,6-7H2,1-4H3/t8-,9+. The Hall–Kier alpha value is -1.43. The molecule has 2 atom stereocenters. The van der Waals surface area contributed by atoms with Gasteiger partial charge in [0.05, 0.1) is 6.20 Å². The van der Waals surface area contributed by atoms with Gasteiger partial charge < -0.3 is 4.90 Å². The Morgan fingerprint density at radius 1 is 1.29 bits per heavy atom. The number of amides is 1. The van der Waals surface area contributed by atoms with Gasteiger partial charge in [0.25, 0.3) is 5.91 Å². The molecule has 1 amide bonds. The summed E-state index contributed by atoms with van der Waals surface area (Å²) in [4.78, 5) is 16.5. The van der Waals surface area contributed by atoms with E-state index in [0.29, 0.717) is 17.8 Å². The van der Waals surface area contributed by atoms with Crippen LogP contribution in [0.4, 0.5) is 0 Å². The molecule has 1 aromatic heterocycles. The van der Waals surface area contributed by atoms with Crippen LogP contribution in [-0.2, 0) is 7.05 Å². The SMILES string of the molecule is C[C@@H]1CN(C(=O)c2cnnn2C)C[C@H](C)N1C. The molecule has 6 heteroatoms. The summed E-state index contributed by atoms with van der Waals surface area (Å²) in [6.45, 7) is 5.78. The number of hydrogen-bond acceptors (Lipinski definition) is 4. The first kappa shape index (κ1) is 12.0. The molecule has 1 fully saturated rings. The Morgan fingerprint density at radius 3 is 2.35 bits per heavy atom. The molecule has 0 aromatic carbocycles. The van der Waals surface area contributed by atoms with Crippen molar-refractivity contribution in [1.29, 1.82) is 0 Å². The van der Waals surface area contributed by atoms with Gasteiger partial charge in [-0.25, -0.2) is 4.68 Å². The Bertz CT molecular complexity index is 404. The van der Waals surface area contributed by atoms with E-state index in [1.165, 1.54) is 10.9 Å². The fourth-order valence-electron chi connectivity index (χ4n) is 2.22. The average molecular weight is 237 g/mol. The lowest BCUT2D eigenvalue weighted by Crippen LogP contribution is -2.56. The zero-order valence-corrected chi connectivity index (χ0v) is 10.8. The lowest BCUT2D eigenvalue weighted by molar-refractivity contribution is 0.0405. The van der Waals surface area contributed by atoms with Gasteiger partial charge in [-0.2, -0.15) is 0 Å². The molecule has 1 aromatic rings. The van der Waals surface area contributed by atoms with Gasteiger partial charge in [-0.05, 0) is 20.9 Å². The van der Waals surface area contributed by atoms with Crippen molar-refractivity contribution >= 4 is 5.91 Å². The third kappa shape index (κ3) is 2.17. The zero-order valence-electron chi connectivity index (χ0n) is 10.8. The lowest BCUT2D eigenvalue weighted by Gasteiger charge is -2.42. The first-order chi connectivity index (χ1) is 8.00. The van der Waals surface area contributed by atoms with Crippen molar-refractivity contribution in [3.8, 4) is 0 Å². The van der Waals surface area contributed by atoms with E-state index >= 15 is 0 Å². The minimum atomic E-state index is 0.0179. The predicted octanol–water partition coefficient (Wildman–Crippen LogP) is -0.0203. The van der Waals surface area contributed by atoms with Crippen molar-refractivity contribution in [3.63, 3.8) is 0 Å². The van der Waals surface area contributed by atoms with Gasteiger partial charge in [0.15, 0.2) is 0 Å². The molecule has 0 bridgehead atoms. The summed E-state index contributed by atoms with van der Waals surface area (Å²) in [7, 11) is 3.84. The highest BCUT2D eigenvalue weighted by Gasteiger charge is 2.30. The van der Waals surface area contributed by atoms with Crippen molar-refractivity contribution in [2.75, 3.05) is 20.1 Å². The molecule has 0 N–H and O–H groups in total. The molecule has 2 rings (SSSR count). The third-order valence-corrected chi connectivity index (χ3v) is 3.58. The van der Waals surface area contributed by atoms with Crippen LogP contribution in [0.5, 0.6) is 0 Å². The summed E-state index contributed by atoms with van der Waals surface area (Å²) in [6.07, 6.45) is 1.52. The lowest BCUT2D eigenvalue weighted by atomic mass is 10.1. The highest BCUT2D eigenvalue weighted by atomic mass is 16.2. The second kappa shape index (κ2) is 4.44. The van der Waals surface area contributed by atoms with E-state index in [-0.39, 0.29) is 5.91 Å². The maximum absolute atomic E-state index is 12.3. The van der Waals surface area contributed by atoms with Crippen LogP contribution in [0, 0.1) is 0 Å². The van der Waals surface area contributed by atoms with Gasteiger partial charge >= 0.3 is 0 Å². The van der Waals surface area contributed by atoms with Crippen molar-refractivity contribution < 1.29 is 4.79 Å². The van der Waals surface area contributed by atoms with Gasteiger partial charge in [-0.15, -0.1) is 5.10 Å². The maximum atomic E-state index is 12.3. The summed E-state index contributed by atoms with van der Waals surface area (Å²) in [5.41, 5.74) is 0.550. The number of piperazine rings is 1. The molecule has 0 saturated carbocycles. The number of likely N-dealkylation sites (N-methyl/N-ethyl adjacent to an activating group) is 1. The fourth-order valence-corrected chi connectivity index (χ4v) is 2.22. The molecular formula is C11H19N5O. The van der Waals surface area contributed by atoms with Crippen LogP contribution in [0.2, 0.25) is 0 Å². The van der Waals surface area contributed by atoms with Crippen LogP contribution in [0.3, 0.4) is 0 Å². The van der Waals surface area contributed by atoms with Crippen molar-refractivity contribution in [3.05, 3.63) is 11.9 Å². The largest absolute Gasteiger partial charge is 0.334 e. The third-order valence-electron chi connectivity index (χ3n) is 3.58. The number of carbonyl (C=O) groups is 1. The highest BCUT2D eigenvalue weighted by molar-refractivity contribution is 5.92. The molecular weight excluding hydrogens is 218 g/mol. The number of carbonyl (C=O) groups excluding carboxylic acids is 1. The number of rotatable bonds is 1. The van der Waals surface area contributed by atoms with Gasteiger partial charge in [0.1, 0.15) is 5.69 Å². The van der Waals surface area contributed by atoms with Gasteiger partial charge in [-0.3, -0.25) is 9.69 Å². The maximum Gasteiger partial charge on any atom is 0.273 e. The van der Waals surface area contributed by atoms with E-state index in [0.717, 1.165) is 13.1 Å². The molecule has 0 aliphatic carbocycles. The van der Waals surface area contributed by atoms with Gasteiger partial charge in [0, 0.05) is 32.2 Å². The topological polar surface area (TPSA) is 54.3 Å². The Labute approximate surface area is 101 Å². The molecule has 0 spiro atoms. The summed E-state index contributed by atoms with van der Waals surface area (Å²) < 4.78 is 1.52. The highest BCUT2D eigenvalue weighted by Crippen LogP contribution is 2.15. The zero-order chi connectivity index (χ0) is 12.6. The molecule has 6 nitrogen and oxygen atoms in total. The summed E-state index contributed by atoms with van der Waals surface area (Å²) in [6, 6.07) is 0.757. The quantitative estimate of drug-likeness (QED) is 0.689. The molecule has 1 aliphatic heterocycles. The second-order valence-electron chi connectivity index (χ2n) is 4.82. The Morgan fingerprint density at radius 2 is 1.88 bits per heavy atom. The molecule has 94 valence electrons. The first-order valence-electron chi connectivity index (χ1n) is 5.86. The Kier molecular flexibility index (Phi) is 3.15. The van der Waals surface area contributed by atoms with Crippen LogP contribution in [0.1, 0.15) is 24.3 Å². The van der Waals surface area contributed by atoms with Gasteiger partial charge in [-0.1, -0.05) is 5.21 Å². The molecule has 2 heterocycles. The van der Waals surface area contributed by atoms with Crippen molar-refractivity contribution in [2.24, 2.45) is 7.05 Å². The van der Waals surface area contributed by atoms with Crippen LogP contribution in [0.15, 0.2) is 6.20 Å². The van der Waals surface area contributed by atoms with E-state index in [1.807, 2.05) is 4.90 Å². The van der Waals surface area contributed by atoms with Crippen molar-refractivity contribution in [2.45, 2.75) is 25.9 Å². The summed E-state index contributed by atoms with van der Waals surface area (Å²) >= 11 is 0. The molecule has 1 aliphatic rings. The minimum Gasteiger partial charge on any atom is -0.334 e. The number of nitrogens with zero attached hydrogens (tertiary/aromatic N) is 5. The molecule has 0 radical (unpaired) electrons. The van der Waals surface area contributed by atoms with Crippen LogP contribution >= 0.6 is 0 Å². The van der Waals surface area contributed by atoms with Gasteiger partial charge in [0.2, 0.25) is 0 Å². The van der Waals surface area contributed by atoms with E-state index in [4.69, 9.17) is 0 Å².